The van der Waals surface area contributed by atoms with Gasteiger partial charge in [-0.1, -0.05) is 6.92 Å². The molecule has 0 atom stereocenters. The summed E-state index contributed by atoms with van der Waals surface area (Å²) in [6.07, 6.45) is 3.56. The molecule has 4 heteroatoms. The molecule has 0 unspecified atom stereocenters. The van der Waals surface area contributed by atoms with Gasteiger partial charge in [0.2, 0.25) is 0 Å². The van der Waals surface area contributed by atoms with E-state index in [1.54, 1.807) is 4.90 Å². The first-order valence-corrected chi connectivity index (χ1v) is 8.10. The Balaban J connectivity index is 2.04. The lowest BCUT2D eigenvalue weighted by Crippen LogP contribution is -3.11. The molecule has 0 aromatic carbocycles. The predicted octanol–water partition coefficient (Wildman–Crippen LogP) is -0.877. The van der Waals surface area contributed by atoms with E-state index >= 15 is 0 Å². The van der Waals surface area contributed by atoms with Crippen molar-refractivity contribution >= 4 is 5.91 Å². The van der Waals surface area contributed by atoms with Gasteiger partial charge in [0, 0.05) is 19.5 Å². The van der Waals surface area contributed by atoms with E-state index in [0.717, 1.165) is 25.6 Å². The fourth-order valence-electron chi connectivity index (χ4n) is 2.71. The van der Waals surface area contributed by atoms with Gasteiger partial charge in [0.15, 0.2) is 6.54 Å². The van der Waals surface area contributed by atoms with Crippen molar-refractivity contribution in [3.63, 3.8) is 0 Å². The number of nitrogens with one attached hydrogen (secondary N) is 1. The molecule has 1 aliphatic rings. The Bertz CT molecular complexity index is 246. The molecule has 1 heterocycles. The molecule has 112 valence electrons. The molecule has 1 fully saturated rings. The average Bonchev–Trinajstić information content (AvgIpc) is 2.43. The van der Waals surface area contributed by atoms with Crippen LogP contribution in [0.3, 0.4) is 0 Å². The molecular weight excluding hydrogens is 238 g/mol. The number of carbonyl (C=O) groups is 1. The lowest BCUT2D eigenvalue weighted by Gasteiger charge is -2.29. The largest absolute Gasteiger partial charge is 0.338 e. The summed E-state index contributed by atoms with van der Waals surface area (Å²) in [6.45, 7) is 14.1. The van der Waals surface area contributed by atoms with Crippen molar-refractivity contribution in [1.29, 1.82) is 0 Å². The Morgan fingerprint density at radius 2 is 1.89 bits per heavy atom. The third-order valence-electron chi connectivity index (χ3n) is 4.39. The van der Waals surface area contributed by atoms with Gasteiger partial charge in [0.1, 0.15) is 0 Å². The molecule has 3 N–H and O–H groups in total. The molecule has 0 spiro atoms. The molecule has 0 bridgehead atoms. The molecule has 1 saturated heterocycles. The molecule has 1 aliphatic heterocycles. The Hall–Kier alpha value is -0.610. The third-order valence-corrected chi connectivity index (χ3v) is 4.39. The zero-order valence-electron chi connectivity index (χ0n) is 13.1. The molecule has 19 heavy (non-hydrogen) atoms. The third kappa shape index (κ3) is 6.39. The number of likely N-dealkylation sites (tertiary alicyclic amines) is 1. The fraction of sp³-hybridized carbons (Fsp3) is 0.933. The Morgan fingerprint density at radius 1 is 1.26 bits per heavy atom. The van der Waals surface area contributed by atoms with E-state index in [9.17, 15) is 4.79 Å². The highest BCUT2D eigenvalue weighted by Crippen LogP contribution is 2.15. The normalized spacial score (nSPS) is 17.2. The van der Waals surface area contributed by atoms with Gasteiger partial charge >= 0.3 is 0 Å². The quantitative estimate of drug-likeness (QED) is 0.553. The Kier molecular flexibility index (Phi) is 8.07. The van der Waals surface area contributed by atoms with Gasteiger partial charge in [-0.05, 0) is 32.6 Å². The molecule has 1 amide bonds. The van der Waals surface area contributed by atoms with Crippen LogP contribution in [0.4, 0.5) is 0 Å². The van der Waals surface area contributed by atoms with Crippen LogP contribution in [0.25, 0.3) is 0 Å². The summed E-state index contributed by atoms with van der Waals surface area (Å²) < 4.78 is 0. The standard InChI is InChI=1S/C15H31N3O/c1-4-17(5-2)10-6-9-16-13-15(19)18-11-7-14(3)8-12-18/h14,16H,4-13H2,1-3H3/p+2. The zero-order valence-corrected chi connectivity index (χ0v) is 13.1. The minimum atomic E-state index is 0.335. The number of rotatable bonds is 8. The first kappa shape index (κ1) is 16.4. The van der Waals surface area contributed by atoms with Crippen LogP contribution in [0.2, 0.25) is 0 Å². The number of amides is 1. The highest BCUT2D eigenvalue weighted by atomic mass is 16.2. The SMILES string of the molecule is CC[NH+](CC)CCC[NH2+]CC(=O)N1CCC(C)CC1. The van der Waals surface area contributed by atoms with Gasteiger partial charge in [0.05, 0.1) is 26.2 Å². The topological polar surface area (TPSA) is 41.4 Å². The van der Waals surface area contributed by atoms with E-state index in [-0.39, 0.29) is 0 Å². The summed E-state index contributed by atoms with van der Waals surface area (Å²) in [5, 5.41) is 2.18. The summed E-state index contributed by atoms with van der Waals surface area (Å²) in [4.78, 5) is 15.7. The van der Waals surface area contributed by atoms with E-state index in [0.29, 0.717) is 12.5 Å². The second-order valence-corrected chi connectivity index (χ2v) is 5.91. The minimum absolute atomic E-state index is 0.335. The zero-order chi connectivity index (χ0) is 14.1. The minimum Gasteiger partial charge on any atom is -0.338 e. The van der Waals surface area contributed by atoms with Crippen LogP contribution < -0.4 is 10.2 Å². The smallest absolute Gasteiger partial charge is 0.277 e. The van der Waals surface area contributed by atoms with Gasteiger partial charge in [-0.15, -0.1) is 0 Å². The maximum atomic E-state index is 12.0. The number of nitrogens with two attached hydrogens (primary N) is 1. The predicted molar refractivity (Wildman–Crippen MR) is 78.2 cm³/mol. The van der Waals surface area contributed by atoms with Crippen molar-refractivity contribution in [2.45, 2.75) is 40.0 Å². The van der Waals surface area contributed by atoms with Crippen molar-refractivity contribution < 1.29 is 15.0 Å². The molecule has 0 aliphatic carbocycles. The number of piperidine rings is 1. The summed E-state index contributed by atoms with van der Waals surface area (Å²) in [7, 11) is 0. The Labute approximate surface area is 118 Å². The van der Waals surface area contributed by atoms with Crippen molar-refractivity contribution in [2.75, 3.05) is 45.8 Å². The van der Waals surface area contributed by atoms with Crippen LogP contribution in [0.1, 0.15) is 40.0 Å². The monoisotopic (exact) mass is 271 g/mol. The number of hydrogen-bond donors (Lipinski definition) is 2. The van der Waals surface area contributed by atoms with Crippen molar-refractivity contribution in [3.8, 4) is 0 Å². The molecule has 0 aromatic rings. The van der Waals surface area contributed by atoms with Crippen LogP contribution in [0.5, 0.6) is 0 Å². The van der Waals surface area contributed by atoms with E-state index in [2.05, 4.69) is 26.1 Å². The fourth-order valence-corrected chi connectivity index (χ4v) is 2.71. The van der Waals surface area contributed by atoms with Crippen LogP contribution in [-0.2, 0) is 4.79 Å². The van der Waals surface area contributed by atoms with Crippen molar-refractivity contribution in [3.05, 3.63) is 0 Å². The van der Waals surface area contributed by atoms with Gasteiger partial charge < -0.3 is 15.1 Å². The number of carbonyl (C=O) groups excluding carboxylic acids is 1. The second-order valence-electron chi connectivity index (χ2n) is 5.91. The van der Waals surface area contributed by atoms with E-state index < -0.39 is 0 Å². The van der Waals surface area contributed by atoms with Gasteiger partial charge in [0.25, 0.3) is 5.91 Å². The maximum absolute atomic E-state index is 12.0. The van der Waals surface area contributed by atoms with Crippen molar-refractivity contribution in [2.24, 2.45) is 5.92 Å². The average molecular weight is 271 g/mol. The summed E-state index contributed by atoms with van der Waals surface area (Å²) >= 11 is 0. The first-order valence-electron chi connectivity index (χ1n) is 8.10. The number of quaternary nitrogens is 2. The van der Waals surface area contributed by atoms with Crippen LogP contribution >= 0.6 is 0 Å². The van der Waals surface area contributed by atoms with Crippen LogP contribution in [0, 0.1) is 5.92 Å². The van der Waals surface area contributed by atoms with E-state index in [1.165, 1.54) is 38.9 Å². The summed E-state index contributed by atoms with van der Waals surface area (Å²) in [6, 6.07) is 0. The van der Waals surface area contributed by atoms with E-state index in [1.807, 2.05) is 4.90 Å². The molecule has 0 saturated carbocycles. The molecular formula is C15H33N3O+2. The number of hydrogen-bond acceptors (Lipinski definition) is 1. The van der Waals surface area contributed by atoms with Gasteiger partial charge in [-0.3, -0.25) is 4.79 Å². The molecule has 0 aromatic heterocycles. The first-order chi connectivity index (χ1) is 9.17. The summed E-state index contributed by atoms with van der Waals surface area (Å²) in [5.41, 5.74) is 0. The lowest BCUT2D eigenvalue weighted by atomic mass is 9.99. The van der Waals surface area contributed by atoms with Gasteiger partial charge in [-0.2, -0.15) is 0 Å². The lowest BCUT2D eigenvalue weighted by molar-refractivity contribution is -0.898. The summed E-state index contributed by atoms with van der Waals surface area (Å²) in [5.74, 6) is 1.13. The highest BCUT2D eigenvalue weighted by Gasteiger charge is 2.20. The van der Waals surface area contributed by atoms with Crippen molar-refractivity contribution in [1.82, 2.24) is 4.90 Å². The number of nitrogens with zero attached hydrogens (tertiary/aromatic N) is 1. The maximum Gasteiger partial charge on any atom is 0.277 e. The highest BCUT2D eigenvalue weighted by molar-refractivity contribution is 5.77. The van der Waals surface area contributed by atoms with Crippen LogP contribution in [0.15, 0.2) is 0 Å². The molecule has 0 radical (unpaired) electrons. The molecule has 1 rings (SSSR count). The second kappa shape index (κ2) is 9.32. The Morgan fingerprint density at radius 3 is 2.47 bits per heavy atom. The van der Waals surface area contributed by atoms with Crippen LogP contribution in [-0.4, -0.2) is 56.6 Å². The van der Waals surface area contributed by atoms with Gasteiger partial charge in [-0.25, -0.2) is 0 Å². The molecule has 4 nitrogen and oxygen atoms in total. The van der Waals surface area contributed by atoms with E-state index in [4.69, 9.17) is 0 Å².